The molecular formula is C16H13Cl3N2OS. The first-order valence-electron chi connectivity index (χ1n) is 6.95. The maximum atomic E-state index is 6.29. The largest absolute Gasteiger partial charge is 0.352 e. The van der Waals surface area contributed by atoms with E-state index in [1.165, 1.54) is 0 Å². The summed E-state index contributed by atoms with van der Waals surface area (Å²) < 4.78 is 5.80. The first-order valence-corrected chi connectivity index (χ1v) is 8.50. The van der Waals surface area contributed by atoms with E-state index in [-0.39, 0.29) is 0 Å². The molecule has 120 valence electrons. The quantitative estimate of drug-likeness (QED) is 0.700. The topological polar surface area (TPSA) is 24.5 Å². The highest BCUT2D eigenvalue weighted by Crippen LogP contribution is 2.37. The number of ether oxygens (including phenoxy) is 1. The molecule has 0 spiro atoms. The molecule has 3 rings (SSSR count). The molecule has 7 heteroatoms. The molecule has 1 atom stereocenters. The van der Waals surface area contributed by atoms with Gasteiger partial charge in [0.25, 0.3) is 0 Å². The lowest BCUT2D eigenvalue weighted by molar-refractivity contribution is 0.0644. The number of nitrogens with zero attached hydrogens (tertiary/aromatic N) is 1. The Labute approximate surface area is 155 Å². The molecule has 2 aromatic rings. The van der Waals surface area contributed by atoms with Gasteiger partial charge in [0.15, 0.2) is 11.3 Å². The van der Waals surface area contributed by atoms with Gasteiger partial charge in [0.1, 0.15) is 0 Å². The van der Waals surface area contributed by atoms with Gasteiger partial charge in [-0.2, -0.15) is 0 Å². The molecule has 1 heterocycles. The van der Waals surface area contributed by atoms with Gasteiger partial charge in [-0.05, 0) is 36.5 Å². The van der Waals surface area contributed by atoms with Gasteiger partial charge >= 0.3 is 0 Å². The Balaban J connectivity index is 1.84. The Morgan fingerprint density at radius 3 is 2.39 bits per heavy atom. The monoisotopic (exact) mass is 386 g/mol. The fraction of sp³-hybridized carbons (Fsp3) is 0.188. The van der Waals surface area contributed by atoms with Crippen LogP contribution < -0.4 is 5.32 Å². The molecule has 0 bridgehead atoms. The molecule has 1 aliphatic heterocycles. The summed E-state index contributed by atoms with van der Waals surface area (Å²) >= 11 is 24.3. The number of rotatable bonds is 2. The summed E-state index contributed by atoms with van der Waals surface area (Å²) in [6, 6.07) is 12.8. The van der Waals surface area contributed by atoms with Crippen LogP contribution in [0.2, 0.25) is 15.1 Å². The summed E-state index contributed by atoms with van der Waals surface area (Å²) in [5.74, 6) is 0. The molecule has 1 N–H and O–H groups in total. The van der Waals surface area contributed by atoms with Crippen LogP contribution in [0.3, 0.4) is 0 Å². The molecule has 0 radical (unpaired) electrons. The van der Waals surface area contributed by atoms with E-state index in [0.29, 0.717) is 33.3 Å². The molecule has 1 fully saturated rings. The summed E-state index contributed by atoms with van der Waals surface area (Å²) in [7, 11) is 0. The van der Waals surface area contributed by atoms with Crippen molar-refractivity contribution in [1.29, 1.82) is 0 Å². The molecule has 0 aromatic heterocycles. The van der Waals surface area contributed by atoms with E-state index in [1.807, 2.05) is 23.1 Å². The molecule has 2 aromatic carbocycles. The number of nitrogens with one attached hydrogen (secondary N) is 1. The molecular weight excluding hydrogens is 375 g/mol. The van der Waals surface area contributed by atoms with Gasteiger partial charge in [-0.1, -0.05) is 53.0 Å². The third-order valence-corrected chi connectivity index (χ3v) is 4.84. The fourth-order valence-electron chi connectivity index (χ4n) is 2.41. The van der Waals surface area contributed by atoms with Crippen molar-refractivity contribution < 1.29 is 4.74 Å². The molecule has 1 aliphatic rings. The van der Waals surface area contributed by atoms with E-state index in [4.69, 9.17) is 51.8 Å². The van der Waals surface area contributed by atoms with E-state index >= 15 is 0 Å². The number of halogens is 3. The van der Waals surface area contributed by atoms with Gasteiger partial charge in [0.2, 0.25) is 0 Å². The Bertz CT molecular complexity index is 721. The van der Waals surface area contributed by atoms with Crippen LogP contribution in [-0.4, -0.2) is 23.2 Å². The zero-order chi connectivity index (χ0) is 16.4. The SMILES string of the molecule is S=C(Nc1ccccc1Cl)N1CCOC1c1c(Cl)cccc1Cl. The van der Waals surface area contributed by atoms with Crippen molar-refractivity contribution in [1.82, 2.24) is 4.90 Å². The van der Waals surface area contributed by atoms with Gasteiger partial charge in [-0.25, -0.2) is 0 Å². The molecule has 0 aliphatic carbocycles. The smallest absolute Gasteiger partial charge is 0.175 e. The first-order chi connectivity index (χ1) is 11.1. The van der Waals surface area contributed by atoms with Gasteiger partial charge < -0.3 is 15.0 Å². The Hall–Kier alpha value is -1.04. The summed E-state index contributed by atoms with van der Waals surface area (Å²) in [5, 5.41) is 5.36. The molecule has 1 saturated heterocycles. The van der Waals surface area contributed by atoms with Crippen molar-refractivity contribution >= 4 is 57.8 Å². The van der Waals surface area contributed by atoms with Crippen molar-refractivity contribution in [2.45, 2.75) is 6.23 Å². The van der Waals surface area contributed by atoms with Crippen LogP contribution >= 0.6 is 47.0 Å². The van der Waals surface area contributed by atoms with E-state index in [0.717, 1.165) is 11.3 Å². The maximum absolute atomic E-state index is 6.29. The van der Waals surface area contributed by atoms with E-state index in [1.54, 1.807) is 24.3 Å². The molecule has 1 unspecified atom stereocenters. The van der Waals surface area contributed by atoms with Crippen molar-refractivity contribution in [3.05, 3.63) is 63.1 Å². The minimum Gasteiger partial charge on any atom is -0.352 e. The second kappa shape index (κ2) is 7.24. The number of anilines is 1. The van der Waals surface area contributed by atoms with Crippen LogP contribution in [0, 0.1) is 0 Å². The number of para-hydroxylation sites is 1. The lowest BCUT2D eigenvalue weighted by Gasteiger charge is -2.27. The summed E-state index contributed by atoms with van der Waals surface area (Å²) in [5.41, 5.74) is 1.46. The number of hydrogen-bond acceptors (Lipinski definition) is 2. The minimum absolute atomic E-state index is 0.418. The van der Waals surface area contributed by atoms with E-state index < -0.39 is 6.23 Å². The number of benzene rings is 2. The third-order valence-electron chi connectivity index (χ3n) is 3.51. The average molecular weight is 388 g/mol. The van der Waals surface area contributed by atoms with Crippen molar-refractivity contribution in [3.8, 4) is 0 Å². The lowest BCUT2D eigenvalue weighted by atomic mass is 10.2. The standard InChI is InChI=1S/C16H13Cl3N2OS/c17-10-4-1-2-7-13(10)20-16(23)21-8-9-22-15(21)14-11(18)5-3-6-12(14)19/h1-7,15H,8-9H2,(H,20,23). The Morgan fingerprint density at radius 2 is 1.70 bits per heavy atom. The van der Waals surface area contributed by atoms with Crippen molar-refractivity contribution in [2.24, 2.45) is 0 Å². The molecule has 23 heavy (non-hydrogen) atoms. The van der Waals surface area contributed by atoms with Gasteiger partial charge in [-0.3, -0.25) is 0 Å². The molecule has 0 saturated carbocycles. The van der Waals surface area contributed by atoms with E-state index in [2.05, 4.69) is 5.32 Å². The average Bonchev–Trinajstić information content (AvgIpc) is 2.99. The minimum atomic E-state index is -0.418. The van der Waals surface area contributed by atoms with Crippen LogP contribution in [0.15, 0.2) is 42.5 Å². The Kier molecular flexibility index (Phi) is 5.29. The number of thiocarbonyl (C=S) groups is 1. The van der Waals surface area contributed by atoms with Crippen molar-refractivity contribution in [3.63, 3.8) is 0 Å². The van der Waals surface area contributed by atoms with Crippen LogP contribution in [0.4, 0.5) is 5.69 Å². The van der Waals surface area contributed by atoms with Crippen LogP contribution in [0.25, 0.3) is 0 Å². The maximum Gasteiger partial charge on any atom is 0.175 e. The number of hydrogen-bond donors (Lipinski definition) is 1. The zero-order valence-corrected chi connectivity index (χ0v) is 15.0. The van der Waals surface area contributed by atoms with Gasteiger partial charge in [-0.15, -0.1) is 0 Å². The lowest BCUT2D eigenvalue weighted by Crippen LogP contribution is -2.35. The third kappa shape index (κ3) is 3.57. The van der Waals surface area contributed by atoms with Gasteiger partial charge in [0, 0.05) is 22.2 Å². The second-order valence-corrected chi connectivity index (χ2v) is 6.57. The predicted octanol–water partition coefficient (Wildman–Crippen LogP) is 5.37. The summed E-state index contributed by atoms with van der Waals surface area (Å²) in [6.45, 7) is 1.18. The van der Waals surface area contributed by atoms with Crippen LogP contribution in [0.1, 0.15) is 11.8 Å². The first kappa shape index (κ1) is 16.8. The van der Waals surface area contributed by atoms with E-state index in [9.17, 15) is 0 Å². The second-order valence-electron chi connectivity index (χ2n) is 4.96. The van der Waals surface area contributed by atoms with Crippen LogP contribution in [-0.2, 0) is 4.74 Å². The normalized spacial score (nSPS) is 17.3. The fourth-order valence-corrected chi connectivity index (χ4v) is 3.48. The van der Waals surface area contributed by atoms with Gasteiger partial charge in [0.05, 0.1) is 17.3 Å². The van der Waals surface area contributed by atoms with Crippen LogP contribution in [0.5, 0.6) is 0 Å². The summed E-state index contributed by atoms with van der Waals surface area (Å²) in [4.78, 5) is 1.91. The highest BCUT2D eigenvalue weighted by atomic mass is 35.5. The highest BCUT2D eigenvalue weighted by molar-refractivity contribution is 7.80. The Morgan fingerprint density at radius 1 is 1.04 bits per heavy atom. The van der Waals surface area contributed by atoms with Crippen molar-refractivity contribution in [2.75, 3.05) is 18.5 Å². The summed E-state index contributed by atoms with van der Waals surface area (Å²) in [6.07, 6.45) is -0.418. The molecule has 0 amide bonds. The molecule has 3 nitrogen and oxygen atoms in total. The zero-order valence-electron chi connectivity index (χ0n) is 11.9. The predicted molar refractivity (Wildman–Crippen MR) is 99.5 cm³/mol. The highest BCUT2D eigenvalue weighted by Gasteiger charge is 2.32.